The van der Waals surface area contributed by atoms with Gasteiger partial charge in [-0.3, -0.25) is 9.59 Å². The number of carbonyl (C=O) groups excluding carboxylic acids is 2. The number of carbonyl (C=O) groups is 2. The first kappa shape index (κ1) is 20.5. The first-order chi connectivity index (χ1) is 13.0. The third kappa shape index (κ3) is 4.80. The number of amides is 2. The Hall–Kier alpha value is -2.19. The van der Waals surface area contributed by atoms with E-state index in [1.165, 1.54) is 0 Å². The summed E-state index contributed by atoms with van der Waals surface area (Å²) in [5.74, 6) is -4.61. The molecule has 9 heteroatoms. The number of halogens is 5. The third-order valence-electron chi connectivity index (χ3n) is 5.22. The van der Waals surface area contributed by atoms with Crippen molar-refractivity contribution in [3.8, 4) is 0 Å². The fraction of sp³-hybridized carbons (Fsp3) is 0.579. The summed E-state index contributed by atoms with van der Waals surface area (Å²) in [7, 11) is 0. The minimum absolute atomic E-state index is 0.00730. The lowest BCUT2D eigenvalue weighted by Crippen LogP contribution is -2.48. The lowest BCUT2D eigenvalue weighted by molar-refractivity contribution is -0.137. The zero-order valence-electron chi connectivity index (χ0n) is 15.2. The Balaban J connectivity index is 1.68. The summed E-state index contributed by atoms with van der Waals surface area (Å²) in [5.41, 5.74) is -0.997. The molecule has 1 atom stereocenters. The van der Waals surface area contributed by atoms with Gasteiger partial charge in [-0.05, 0) is 43.0 Å². The molecule has 2 aliphatic carbocycles. The molecule has 1 unspecified atom stereocenters. The second kappa shape index (κ2) is 7.33. The molecule has 0 aromatic heterocycles. The molecule has 2 aliphatic rings. The maximum Gasteiger partial charge on any atom is 0.416 e. The van der Waals surface area contributed by atoms with E-state index >= 15 is 0 Å². The molecule has 4 nitrogen and oxygen atoms in total. The fourth-order valence-corrected chi connectivity index (χ4v) is 3.40. The molecule has 154 valence electrons. The lowest BCUT2D eigenvalue weighted by Gasteiger charge is -2.34. The zero-order chi connectivity index (χ0) is 20.7. The Kier molecular flexibility index (Phi) is 5.38. The molecular formula is C19H21F5N2O2. The van der Waals surface area contributed by atoms with Crippen LogP contribution in [-0.4, -0.2) is 41.8 Å². The zero-order valence-corrected chi connectivity index (χ0v) is 15.2. The Morgan fingerprint density at radius 1 is 1.18 bits per heavy atom. The van der Waals surface area contributed by atoms with E-state index < -0.39 is 41.9 Å². The van der Waals surface area contributed by atoms with Crippen molar-refractivity contribution in [2.75, 3.05) is 13.1 Å². The minimum Gasteiger partial charge on any atom is -0.352 e. The monoisotopic (exact) mass is 404 g/mol. The van der Waals surface area contributed by atoms with Crippen molar-refractivity contribution in [1.82, 2.24) is 10.2 Å². The van der Waals surface area contributed by atoms with Crippen molar-refractivity contribution in [2.45, 2.75) is 44.3 Å². The normalized spacial score (nSPS) is 25.6. The molecule has 28 heavy (non-hydrogen) atoms. The van der Waals surface area contributed by atoms with Gasteiger partial charge in [0.2, 0.25) is 5.91 Å². The molecule has 1 aromatic carbocycles. The summed E-state index contributed by atoms with van der Waals surface area (Å²) in [6, 6.07) is 3.51. The van der Waals surface area contributed by atoms with Crippen LogP contribution < -0.4 is 5.32 Å². The van der Waals surface area contributed by atoms with E-state index in [9.17, 15) is 31.5 Å². The highest BCUT2D eigenvalue weighted by Gasteiger charge is 2.57. The Morgan fingerprint density at radius 3 is 2.21 bits per heavy atom. The number of hydrogen-bond donors (Lipinski definition) is 1. The van der Waals surface area contributed by atoms with Crippen LogP contribution in [0.25, 0.3) is 0 Å². The third-order valence-corrected chi connectivity index (χ3v) is 5.22. The highest BCUT2D eigenvalue weighted by Crippen LogP contribution is 2.49. The van der Waals surface area contributed by atoms with E-state index in [1.807, 2.05) is 6.92 Å². The average molecular weight is 404 g/mol. The van der Waals surface area contributed by atoms with Crippen LogP contribution in [0.4, 0.5) is 22.0 Å². The van der Waals surface area contributed by atoms with Crippen LogP contribution in [-0.2, 0) is 11.0 Å². The second-order valence-corrected chi connectivity index (χ2v) is 7.76. The van der Waals surface area contributed by atoms with Crippen LogP contribution >= 0.6 is 0 Å². The van der Waals surface area contributed by atoms with Gasteiger partial charge in [0, 0.05) is 30.5 Å². The van der Waals surface area contributed by atoms with E-state index in [1.54, 1.807) is 0 Å². The van der Waals surface area contributed by atoms with Gasteiger partial charge in [0.05, 0.1) is 12.1 Å². The number of alkyl halides is 5. The molecule has 0 radical (unpaired) electrons. The maximum absolute atomic E-state index is 13.3. The van der Waals surface area contributed by atoms with Crippen molar-refractivity contribution in [1.29, 1.82) is 0 Å². The van der Waals surface area contributed by atoms with E-state index in [2.05, 4.69) is 5.32 Å². The molecule has 1 aromatic rings. The standard InChI is InChI=1S/C19H21F5N2O2/c1-11-6-15(7-11)25-16(27)10-26(9-14-8-18(14,20)21)17(28)12-2-4-13(5-3-12)19(22,23)24/h2-5,11,14-15H,6-10H2,1H3,(H,25,27). The van der Waals surface area contributed by atoms with Crippen LogP contribution in [0.3, 0.4) is 0 Å². The quantitative estimate of drug-likeness (QED) is 0.735. The van der Waals surface area contributed by atoms with E-state index in [-0.39, 0.29) is 24.6 Å². The second-order valence-electron chi connectivity index (χ2n) is 7.76. The molecule has 1 N–H and O–H groups in total. The first-order valence-electron chi connectivity index (χ1n) is 9.09. The predicted molar refractivity (Wildman–Crippen MR) is 90.7 cm³/mol. The number of benzene rings is 1. The molecule has 2 amide bonds. The molecular weight excluding hydrogens is 383 g/mol. The van der Waals surface area contributed by atoms with Gasteiger partial charge < -0.3 is 10.2 Å². The fourth-order valence-electron chi connectivity index (χ4n) is 3.40. The Bertz CT molecular complexity index is 742. The summed E-state index contributed by atoms with van der Waals surface area (Å²) in [6.07, 6.45) is -3.28. The van der Waals surface area contributed by atoms with Crippen LogP contribution in [0.1, 0.15) is 42.1 Å². The first-order valence-corrected chi connectivity index (χ1v) is 9.09. The van der Waals surface area contributed by atoms with Crippen molar-refractivity contribution in [2.24, 2.45) is 11.8 Å². The summed E-state index contributed by atoms with van der Waals surface area (Å²) in [6.45, 7) is 1.32. The van der Waals surface area contributed by atoms with Gasteiger partial charge in [-0.1, -0.05) is 6.92 Å². The summed E-state index contributed by atoms with van der Waals surface area (Å²) >= 11 is 0. The minimum atomic E-state index is -4.54. The summed E-state index contributed by atoms with van der Waals surface area (Å²) in [4.78, 5) is 25.9. The van der Waals surface area contributed by atoms with Crippen LogP contribution in [0.2, 0.25) is 0 Å². The van der Waals surface area contributed by atoms with Gasteiger partial charge in [-0.2, -0.15) is 13.2 Å². The topological polar surface area (TPSA) is 49.4 Å². The van der Waals surface area contributed by atoms with Crippen LogP contribution in [0.15, 0.2) is 24.3 Å². The molecule has 0 saturated heterocycles. The van der Waals surface area contributed by atoms with Crippen LogP contribution in [0, 0.1) is 11.8 Å². The number of rotatable bonds is 6. The van der Waals surface area contributed by atoms with Crippen molar-refractivity contribution >= 4 is 11.8 Å². The maximum atomic E-state index is 13.3. The number of nitrogens with zero attached hydrogens (tertiary/aromatic N) is 1. The molecule has 0 bridgehead atoms. The Morgan fingerprint density at radius 2 is 1.75 bits per heavy atom. The molecule has 2 fully saturated rings. The smallest absolute Gasteiger partial charge is 0.352 e. The molecule has 3 rings (SSSR count). The molecule has 0 heterocycles. The van der Waals surface area contributed by atoms with Crippen molar-refractivity contribution < 1.29 is 31.5 Å². The Labute approximate surface area is 159 Å². The van der Waals surface area contributed by atoms with Gasteiger partial charge in [0.25, 0.3) is 11.8 Å². The van der Waals surface area contributed by atoms with E-state index in [0.717, 1.165) is 42.0 Å². The molecule has 0 aliphatic heterocycles. The predicted octanol–water partition coefficient (Wildman–Crippen LogP) is 3.72. The van der Waals surface area contributed by atoms with Gasteiger partial charge in [0.1, 0.15) is 0 Å². The van der Waals surface area contributed by atoms with Crippen molar-refractivity contribution in [3.05, 3.63) is 35.4 Å². The van der Waals surface area contributed by atoms with Crippen LogP contribution in [0.5, 0.6) is 0 Å². The van der Waals surface area contributed by atoms with E-state index in [0.29, 0.717) is 5.92 Å². The highest BCUT2D eigenvalue weighted by molar-refractivity contribution is 5.96. The van der Waals surface area contributed by atoms with Gasteiger partial charge in [0.15, 0.2) is 0 Å². The largest absolute Gasteiger partial charge is 0.416 e. The molecule has 0 spiro atoms. The average Bonchev–Trinajstić information content (AvgIpc) is 3.17. The lowest BCUT2D eigenvalue weighted by atomic mass is 9.82. The number of hydrogen-bond acceptors (Lipinski definition) is 2. The SMILES string of the molecule is CC1CC(NC(=O)CN(CC2CC2(F)F)C(=O)c2ccc(C(F)(F)F)cc2)C1. The summed E-state index contributed by atoms with van der Waals surface area (Å²) in [5, 5.41) is 2.76. The number of nitrogens with one attached hydrogen (secondary N) is 1. The molecule has 2 saturated carbocycles. The van der Waals surface area contributed by atoms with Gasteiger partial charge >= 0.3 is 6.18 Å². The van der Waals surface area contributed by atoms with Gasteiger partial charge in [-0.15, -0.1) is 0 Å². The highest BCUT2D eigenvalue weighted by atomic mass is 19.4. The van der Waals surface area contributed by atoms with E-state index in [4.69, 9.17) is 0 Å². The van der Waals surface area contributed by atoms with Crippen molar-refractivity contribution in [3.63, 3.8) is 0 Å². The summed E-state index contributed by atoms with van der Waals surface area (Å²) < 4.78 is 64.6. The van der Waals surface area contributed by atoms with Gasteiger partial charge in [-0.25, -0.2) is 8.78 Å².